The van der Waals surface area contributed by atoms with Crippen LogP contribution in [0.25, 0.3) is 0 Å². The van der Waals surface area contributed by atoms with Crippen molar-refractivity contribution in [3.05, 3.63) is 48.0 Å². The van der Waals surface area contributed by atoms with Gasteiger partial charge in [0.15, 0.2) is 5.75 Å². The molecule has 0 fully saturated rings. The smallest absolute Gasteiger partial charge is 0.241 e. The monoisotopic (exact) mass is 407 g/mol. The molecule has 0 aromatic heterocycles. The number of anilines is 1. The Morgan fingerprint density at radius 2 is 1.89 bits per heavy atom. The molecule has 0 aliphatic heterocycles. The first-order valence-corrected chi connectivity index (χ1v) is 10.8. The Hall–Kier alpha value is -2.16. The molecule has 0 atom stereocenters. The maximum Gasteiger partial charge on any atom is 0.241 e. The lowest BCUT2D eigenvalue weighted by atomic mass is 10.1. The van der Waals surface area contributed by atoms with E-state index in [1.807, 2.05) is 25.1 Å². The number of rotatable bonds is 9. The second kappa shape index (κ2) is 9.68. The molecule has 2 aromatic rings. The van der Waals surface area contributed by atoms with Crippen LogP contribution in [0.3, 0.4) is 0 Å². The van der Waals surface area contributed by atoms with E-state index in [9.17, 15) is 8.42 Å². The van der Waals surface area contributed by atoms with Gasteiger partial charge in [-0.3, -0.25) is 0 Å². The zero-order chi connectivity index (χ0) is 19.9. The van der Waals surface area contributed by atoms with Crippen molar-refractivity contribution in [3.8, 4) is 11.5 Å². The molecule has 0 amide bonds. The van der Waals surface area contributed by atoms with Gasteiger partial charge in [0.05, 0.1) is 5.69 Å². The third-order valence-electron chi connectivity index (χ3n) is 3.77. The minimum Gasteiger partial charge on any atom is -0.454 e. The predicted molar refractivity (Wildman–Crippen MR) is 113 cm³/mol. The molecular formula is C19H25N3O3S2. The first kappa shape index (κ1) is 21.1. The second-order valence-corrected chi connectivity index (χ2v) is 7.89. The van der Waals surface area contributed by atoms with Crippen LogP contribution < -0.4 is 20.5 Å². The normalized spacial score (nSPS) is 11.1. The Balaban J connectivity index is 2.59. The fraction of sp³-hybridized carbons (Fsp3) is 0.316. The molecule has 0 unspecified atom stereocenters. The summed E-state index contributed by atoms with van der Waals surface area (Å²) < 4.78 is 30.4. The first-order valence-electron chi connectivity index (χ1n) is 8.82. The van der Waals surface area contributed by atoms with Gasteiger partial charge in [0.2, 0.25) is 10.0 Å². The van der Waals surface area contributed by atoms with Crippen LogP contribution in [0.4, 0.5) is 5.69 Å². The van der Waals surface area contributed by atoms with Gasteiger partial charge in [0.1, 0.15) is 15.6 Å². The molecular weight excluding hydrogens is 382 g/mol. The fourth-order valence-corrected chi connectivity index (χ4v) is 3.41. The summed E-state index contributed by atoms with van der Waals surface area (Å²) in [6, 6.07) is 12.2. The third-order valence-corrected chi connectivity index (χ3v) is 5.07. The molecule has 146 valence electrons. The minimum absolute atomic E-state index is 0.108. The average Bonchev–Trinajstić information content (AvgIpc) is 2.63. The van der Waals surface area contributed by atoms with E-state index in [1.165, 1.54) is 6.07 Å². The van der Waals surface area contributed by atoms with Crippen molar-refractivity contribution in [1.82, 2.24) is 5.32 Å². The van der Waals surface area contributed by atoms with Crippen molar-refractivity contribution in [2.75, 3.05) is 18.4 Å². The number of para-hydroxylation sites is 1. The van der Waals surface area contributed by atoms with Crippen LogP contribution in [0, 0.1) is 0 Å². The summed E-state index contributed by atoms with van der Waals surface area (Å²) in [6.45, 7) is 5.29. The van der Waals surface area contributed by atoms with E-state index in [2.05, 4.69) is 17.6 Å². The van der Waals surface area contributed by atoms with Gasteiger partial charge in [-0.25, -0.2) is 13.6 Å². The van der Waals surface area contributed by atoms with Crippen molar-refractivity contribution >= 4 is 32.9 Å². The molecule has 2 rings (SSSR count). The minimum atomic E-state index is -4.03. The highest BCUT2D eigenvalue weighted by Crippen LogP contribution is 2.37. The van der Waals surface area contributed by atoms with Crippen LogP contribution in [-0.4, -0.2) is 26.5 Å². The van der Waals surface area contributed by atoms with Gasteiger partial charge >= 0.3 is 0 Å². The van der Waals surface area contributed by atoms with Crippen LogP contribution in [0.2, 0.25) is 0 Å². The summed E-state index contributed by atoms with van der Waals surface area (Å²) >= 11 is 5.35. The molecule has 27 heavy (non-hydrogen) atoms. The number of sulfonamides is 1. The third kappa shape index (κ3) is 5.92. The summed E-state index contributed by atoms with van der Waals surface area (Å²) in [6.07, 6.45) is 1.93. The number of unbranched alkanes of at least 4 members (excludes halogenated alkanes) is 1. The van der Waals surface area contributed by atoms with E-state index in [0.717, 1.165) is 12.8 Å². The van der Waals surface area contributed by atoms with Crippen LogP contribution in [0.15, 0.2) is 47.4 Å². The van der Waals surface area contributed by atoms with Crippen LogP contribution in [-0.2, 0) is 10.0 Å². The molecule has 0 spiro atoms. The number of hydrogen-bond acceptors (Lipinski definition) is 5. The highest BCUT2D eigenvalue weighted by atomic mass is 32.2. The lowest BCUT2D eigenvalue weighted by molar-refractivity contribution is 0.469. The highest BCUT2D eigenvalue weighted by molar-refractivity contribution is 7.89. The standard InChI is InChI=1S/C19H25N3O3S2/c1-3-5-11-22-16-12-14(19(26)21-4-2)13-17(27(20,23)24)18(16)25-15-9-7-6-8-10-15/h6-10,12-13,22H,3-5,11H2,1-2H3,(H,21,26)(H2,20,23,24). The molecule has 0 aliphatic carbocycles. The summed E-state index contributed by atoms with van der Waals surface area (Å²) in [5.41, 5.74) is 1.10. The van der Waals surface area contributed by atoms with Crippen molar-refractivity contribution in [1.29, 1.82) is 0 Å². The summed E-state index contributed by atoms with van der Waals surface area (Å²) in [4.78, 5) is 0.343. The van der Waals surface area contributed by atoms with Crippen LogP contribution in [0.1, 0.15) is 32.3 Å². The Labute approximate surface area is 166 Å². The maximum atomic E-state index is 12.3. The van der Waals surface area contributed by atoms with E-state index in [1.54, 1.807) is 18.2 Å². The molecule has 0 heterocycles. The fourth-order valence-electron chi connectivity index (χ4n) is 2.45. The SMILES string of the molecule is CCCCNc1cc(C(=S)NCC)cc(S(N)(=O)=O)c1Oc1ccccc1. The van der Waals surface area contributed by atoms with Crippen LogP contribution >= 0.6 is 12.2 Å². The molecule has 4 N–H and O–H groups in total. The molecule has 2 aromatic carbocycles. The van der Waals surface area contributed by atoms with E-state index in [-0.39, 0.29) is 10.6 Å². The number of benzene rings is 2. The number of primary sulfonamides is 1. The molecule has 0 radical (unpaired) electrons. The van der Waals surface area contributed by atoms with Gasteiger partial charge in [0.25, 0.3) is 0 Å². The second-order valence-electron chi connectivity index (χ2n) is 5.95. The Morgan fingerprint density at radius 3 is 2.48 bits per heavy atom. The summed E-state index contributed by atoms with van der Waals surface area (Å²) in [7, 11) is -4.03. The zero-order valence-corrected chi connectivity index (χ0v) is 17.1. The first-order chi connectivity index (χ1) is 12.9. The van der Waals surface area contributed by atoms with Crippen LogP contribution in [0.5, 0.6) is 11.5 Å². The molecule has 0 saturated heterocycles. The number of thiocarbonyl (C=S) groups is 1. The zero-order valence-electron chi connectivity index (χ0n) is 15.5. The summed E-state index contributed by atoms with van der Waals surface area (Å²) in [5.74, 6) is 0.686. The van der Waals surface area contributed by atoms with Gasteiger partial charge in [-0.05, 0) is 37.6 Å². The average molecular weight is 408 g/mol. The van der Waals surface area contributed by atoms with Crippen molar-refractivity contribution in [2.45, 2.75) is 31.6 Å². The van der Waals surface area contributed by atoms with Gasteiger partial charge in [-0.2, -0.15) is 0 Å². The number of nitrogens with one attached hydrogen (secondary N) is 2. The van der Waals surface area contributed by atoms with Crippen molar-refractivity contribution in [2.24, 2.45) is 5.14 Å². The number of nitrogens with two attached hydrogens (primary N) is 1. The van der Waals surface area contributed by atoms with E-state index < -0.39 is 10.0 Å². The van der Waals surface area contributed by atoms with E-state index in [4.69, 9.17) is 22.1 Å². The quantitative estimate of drug-likeness (QED) is 0.434. The van der Waals surface area contributed by atoms with Crippen molar-refractivity contribution in [3.63, 3.8) is 0 Å². The lowest BCUT2D eigenvalue weighted by Crippen LogP contribution is -2.23. The van der Waals surface area contributed by atoms with Crippen molar-refractivity contribution < 1.29 is 13.2 Å². The van der Waals surface area contributed by atoms with Gasteiger partial charge in [0, 0.05) is 18.7 Å². The highest BCUT2D eigenvalue weighted by Gasteiger charge is 2.22. The topological polar surface area (TPSA) is 93.5 Å². The largest absolute Gasteiger partial charge is 0.454 e. The Bertz CT molecular complexity index is 885. The van der Waals surface area contributed by atoms with E-state index >= 15 is 0 Å². The number of ether oxygens (including phenoxy) is 1. The molecule has 0 saturated carbocycles. The molecule has 6 nitrogen and oxygen atoms in total. The predicted octanol–water partition coefficient (Wildman–Crippen LogP) is 3.62. The Morgan fingerprint density at radius 1 is 1.19 bits per heavy atom. The molecule has 8 heteroatoms. The Kier molecular flexibility index (Phi) is 7.58. The molecule has 0 bridgehead atoms. The van der Waals surface area contributed by atoms with E-state index in [0.29, 0.717) is 35.1 Å². The number of hydrogen-bond donors (Lipinski definition) is 3. The summed E-state index contributed by atoms with van der Waals surface area (Å²) in [5, 5.41) is 11.8. The van der Waals surface area contributed by atoms with Gasteiger partial charge < -0.3 is 15.4 Å². The molecule has 0 aliphatic rings. The lowest BCUT2D eigenvalue weighted by Gasteiger charge is -2.18. The van der Waals surface area contributed by atoms with Gasteiger partial charge in [-0.1, -0.05) is 43.8 Å². The van der Waals surface area contributed by atoms with Gasteiger partial charge in [-0.15, -0.1) is 0 Å². The maximum absolute atomic E-state index is 12.3.